The molecule has 1 aliphatic heterocycles. The molecule has 1 aliphatic rings. The number of rotatable bonds is 4. The predicted octanol–water partition coefficient (Wildman–Crippen LogP) is 2.17. The molecule has 1 saturated heterocycles. The number of benzene rings is 1. The van der Waals surface area contributed by atoms with Gasteiger partial charge in [-0.05, 0) is 50.5 Å². The zero-order chi connectivity index (χ0) is 19.6. The summed E-state index contributed by atoms with van der Waals surface area (Å²) in [6, 6.07) is 3.18. The summed E-state index contributed by atoms with van der Waals surface area (Å²) in [7, 11) is 1.55. The van der Waals surface area contributed by atoms with E-state index < -0.39 is 12.1 Å². The van der Waals surface area contributed by atoms with Gasteiger partial charge in [0.1, 0.15) is 17.9 Å². The smallest absolute Gasteiger partial charge is 0.318 e. The monoisotopic (exact) mass is 375 g/mol. The van der Waals surface area contributed by atoms with Gasteiger partial charge in [0.15, 0.2) is 0 Å². The topological polar surface area (TPSA) is 100 Å². The Bertz CT molecular complexity index is 853. The molecule has 3 rings (SSSR count). The largest absolute Gasteiger partial charge is 0.357 e. The van der Waals surface area contributed by atoms with Crippen molar-refractivity contribution < 1.29 is 18.5 Å². The van der Waals surface area contributed by atoms with Crippen LogP contribution in [0.1, 0.15) is 37.3 Å². The molecular weight excluding hydrogens is 353 g/mol. The Labute approximate surface area is 156 Å². The summed E-state index contributed by atoms with van der Waals surface area (Å²) in [5, 5.41) is 9.26. The van der Waals surface area contributed by atoms with Gasteiger partial charge < -0.3 is 20.1 Å². The van der Waals surface area contributed by atoms with Gasteiger partial charge in [0.2, 0.25) is 17.6 Å². The average molecular weight is 375 g/mol. The van der Waals surface area contributed by atoms with E-state index in [-0.39, 0.29) is 23.6 Å². The lowest BCUT2D eigenvalue weighted by atomic mass is 10.1. The summed E-state index contributed by atoms with van der Waals surface area (Å²) >= 11 is 0. The van der Waals surface area contributed by atoms with Crippen LogP contribution in [0.2, 0.25) is 0 Å². The Morgan fingerprint density at radius 3 is 2.89 bits per heavy atom. The fourth-order valence-corrected chi connectivity index (χ4v) is 3.09. The fourth-order valence-electron chi connectivity index (χ4n) is 3.09. The van der Waals surface area contributed by atoms with Gasteiger partial charge in [-0.25, -0.2) is 9.18 Å². The van der Waals surface area contributed by atoms with Crippen LogP contribution in [0.4, 0.5) is 9.18 Å². The third-order valence-electron chi connectivity index (χ3n) is 4.63. The number of hydrogen-bond donors (Lipinski definition) is 2. The number of aryl methyl sites for hydroxylation is 1. The number of likely N-dealkylation sites (N-methyl/N-ethyl adjacent to an activating group) is 1. The highest BCUT2D eigenvalue weighted by molar-refractivity contribution is 5.87. The highest BCUT2D eigenvalue weighted by Crippen LogP contribution is 2.22. The summed E-state index contributed by atoms with van der Waals surface area (Å²) in [5.74, 6) is 0.0658. The predicted molar refractivity (Wildman–Crippen MR) is 95.2 cm³/mol. The molecule has 0 bridgehead atoms. The molecule has 144 valence electrons. The average Bonchev–Trinajstić information content (AvgIpc) is 3.33. The Morgan fingerprint density at radius 1 is 1.41 bits per heavy atom. The molecule has 9 heteroatoms. The van der Waals surface area contributed by atoms with E-state index in [1.807, 2.05) is 0 Å². The van der Waals surface area contributed by atoms with E-state index in [4.69, 9.17) is 4.52 Å². The Balaban J connectivity index is 1.69. The van der Waals surface area contributed by atoms with Crippen LogP contribution in [0.5, 0.6) is 0 Å². The maximum absolute atomic E-state index is 13.4. The van der Waals surface area contributed by atoms with Crippen LogP contribution in [-0.2, 0) is 4.79 Å². The van der Waals surface area contributed by atoms with E-state index in [0.29, 0.717) is 29.9 Å². The highest BCUT2D eigenvalue weighted by atomic mass is 19.1. The maximum atomic E-state index is 13.4. The van der Waals surface area contributed by atoms with E-state index in [0.717, 1.165) is 6.42 Å². The Hall–Kier alpha value is -2.97. The van der Waals surface area contributed by atoms with E-state index in [2.05, 4.69) is 20.8 Å². The third kappa shape index (κ3) is 3.91. The van der Waals surface area contributed by atoms with Gasteiger partial charge in [0.05, 0.1) is 0 Å². The summed E-state index contributed by atoms with van der Waals surface area (Å²) in [6.07, 6.45) is 1.41. The van der Waals surface area contributed by atoms with Gasteiger partial charge in [-0.1, -0.05) is 5.16 Å². The number of nitrogens with zero attached hydrogens (tertiary/aromatic N) is 3. The normalized spacial score (nSPS) is 17.6. The third-order valence-corrected chi connectivity index (χ3v) is 4.63. The SMILES string of the molecule is CNC(=O)C1CCCN1C(=O)NC(C)c1nc(-c2ccc(F)c(C)c2)no1. The lowest BCUT2D eigenvalue weighted by Gasteiger charge is -2.24. The van der Waals surface area contributed by atoms with E-state index in [9.17, 15) is 14.0 Å². The van der Waals surface area contributed by atoms with E-state index in [1.165, 1.54) is 11.0 Å². The number of carbonyl (C=O) groups excluding carboxylic acids is 2. The molecule has 2 unspecified atom stereocenters. The van der Waals surface area contributed by atoms with Crippen molar-refractivity contribution in [3.63, 3.8) is 0 Å². The van der Waals surface area contributed by atoms with Gasteiger partial charge in [-0.3, -0.25) is 4.79 Å². The molecule has 8 nitrogen and oxygen atoms in total. The molecule has 2 atom stereocenters. The van der Waals surface area contributed by atoms with Crippen molar-refractivity contribution in [2.75, 3.05) is 13.6 Å². The van der Waals surface area contributed by atoms with Gasteiger partial charge in [-0.2, -0.15) is 4.98 Å². The first-order chi connectivity index (χ1) is 12.9. The van der Waals surface area contributed by atoms with Crippen LogP contribution < -0.4 is 10.6 Å². The van der Waals surface area contributed by atoms with Crippen molar-refractivity contribution in [2.24, 2.45) is 0 Å². The molecule has 1 aromatic carbocycles. The van der Waals surface area contributed by atoms with Crippen LogP contribution in [-0.4, -0.2) is 46.6 Å². The highest BCUT2D eigenvalue weighted by Gasteiger charge is 2.34. The molecule has 0 radical (unpaired) electrons. The standard InChI is InChI=1S/C18H22FN5O3/c1-10-9-12(6-7-13(10)19)15-22-17(27-23-15)11(2)21-18(26)24-8-4-5-14(24)16(25)20-3/h6-7,9,11,14H,4-5,8H2,1-3H3,(H,20,25)(H,21,26). The van der Waals surface area contributed by atoms with Crippen LogP contribution in [0.15, 0.2) is 22.7 Å². The summed E-state index contributed by atoms with van der Waals surface area (Å²) in [4.78, 5) is 30.2. The first-order valence-corrected chi connectivity index (χ1v) is 8.79. The number of hydrogen-bond acceptors (Lipinski definition) is 5. The molecular formula is C18H22FN5O3. The van der Waals surface area contributed by atoms with Crippen LogP contribution >= 0.6 is 0 Å². The number of aromatic nitrogens is 2. The second-order valence-corrected chi connectivity index (χ2v) is 6.56. The molecule has 0 aliphatic carbocycles. The minimum Gasteiger partial charge on any atom is -0.357 e. The van der Waals surface area contributed by atoms with E-state index in [1.54, 1.807) is 33.0 Å². The van der Waals surface area contributed by atoms with Gasteiger partial charge in [-0.15, -0.1) is 0 Å². The summed E-state index contributed by atoms with van der Waals surface area (Å²) in [5.41, 5.74) is 1.11. The number of likely N-dealkylation sites (tertiary alicyclic amines) is 1. The Morgan fingerprint density at radius 2 is 2.19 bits per heavy atom. The molecule has 0 spiro atoms. The van der Waals surface area contributed by atoms with Gasteiger partial charge in [0, 0.05) is 19.2 Å². The van der Waals surface area contributed by atoms with Crippen molar-refractivity contribution in [3.05, 3.63) is 35.5 Å². The molecule has 1 aromatic heterocycles. The summed E-state index contributed by atoms with van der Waals surface area (Å²) in [6.45, 7) is 3.89. The van der Waals surface area contributed by atoms with Crippen molar-refractivity contribution in [1.82, 2.24) is 25.7 Å². The van der Waals surface area contributed by atoms with Crippen molar-refractivity contribution >= 4 is 11.9 Å². The van der Waals surface area contributed by atoms with Crippen LogP contribution in [0.25, 0.3) is 11.4 Å². The second kappa shape index (κ2) is 7.73. The Kier molecular flexibility index (Phi) is 5.38. The van der Waals surface area contributed by atoms with Crippen LogP contribution in [0, 0.1) is 12.7 Å². The number of carbonyl (C=O) groups is 2. The van der Waals surface area contributed by atoms with Gasteiger partial charge >= 0.3 is 6.03 Å². The molecule has 2 heterocycles. The number of urea groups is 1. The van der Waals surface area contributed by atoms with Crippen LogP contribution in [0.3, 0.4) is 0 Å². The van der Waals surface area contributed by atoms with E-state index >= 15 is 0 Å². The molecule has 2 N–H and O–H groups in total. The molecule has 3 amide bonds. The fraction of sp³-hybridized carbons (Fsp3) is 0.444. The van der Waals surface area contributed by atoms with Crippen molar-refractivity contribution in [3.8, 4) is 11.4 Å². The lowest BCUT2D eigenvalue weighted by Crippen LogP contribution is -2.49. The van der Waals surface area contributed by atoms with Gasteiger partial charge in [0.25, 0.3) is 0 Å². The van der Waals surface area contributed by atoms with Crippen molar-refractivity contribution in [2.45, 2.75) is 38.8 Å². The molecule has 2 aromatic rings. The first kappa shape index (κ1) is 18.8. The first-order valence-electron chi connectivity index (χ1n) is 8.79. The maximum Gasteiger partial charge on any atom is 0.318 e. The quantitative estimate of drug-likeness (QED) is 0.853. The molecule has 0 saturated carbocycles. The summed E-state index contributed by atoms with van der Waals surface area (Å²) < 4.78 is 18.7. The lowest BCUT2D eigenvalue weighted by molar-refractivity contribution is -0.124. The number of nitrogens with one attached hydrogen (secondary N) is 2. The molecule has 1 fully saturated rings. The second-order valence-electron chi connectivity index (χ2n) is 6.56. The number of amides is 3. The minimum atomic E-state index is -0.536. The molecule has 27 heavy (non-hydrogen) atoms. The zero-order valence-corrected chi connectivity index (χ0v) is 15.5. The number of halogens is 1. The zero-order valence-electron chi connectivity index (χ0n) is 15.5. The van der Waals surface area contributed by atoms with Crippen molar-refractivity contribution in [1.29, 1.82) is 0 Å². The minimum absolute atomic E-state index is 0.179.